The fourth-order valence-corrected chi connectivity index (χ4v) is 4.02. The van der Waals surface area contributed by atoms with Crippen LogP contribution in [0.2, 0.25) is 0 Å². The molecule has 1 N–H and O–H groups in total. The van der Waals surface area contributed by atoms with Crippen molar-refractivity contribution >= 4 is 16.0 Å². The maximum Gasteiger partial charge on any atom is 0.337 e. The second kappa shape index (κ2) is 8.60. The Morgan fingerprint density at radius 3 is 2.62 bits per heavy atom. The van der Waals surface area contributed by atoms with E-state index >= 15 is 0 Å². The molecule has 1 unspecified atom stereocenters. The fraction of sp³-hybridized carbons (Fsp3) is 0.588. The molecule has 7 heteroatoms. The summed E-state index contributed by atoms with van der Waals surface area (Å²) in [5.74, 6) is -0.484. The van der Waals surface area contributed by atoms with Crippen LogP contribution in [0.1, 0.15) is 43.0 Å². The first-order chi connectivity index (χ1) is 11.4. The SMILES string of the molecule is COC(=O)c1ccc(S(=O)(=O)NCCCN2CCCCC2C)cc1. The van der Waals surface area contributed by atoms with E-state index in [4.69, 9.17) is 0 Å². The standard InChI is InChI=1S/C17H26N2O4S/c1-14-6-3-4-12-19(14)13-5-11-18-24(21,22)16-9-7-15(8-10-16)17(20)23-2/h7-10,14,18H,3-6,11-13H2,1-2H3. The summed E-state index contributed by atoms with van der Waals surface area (Å²) in [4.78, 5) is 13.9. The first-order valence-corrected chi connectivity index (χ1v) is 9.84. The number of rotatable bonds is 7. The predicted molar refractivity (Wildman–Crippen MR) is 92.5 cm³/mol. The third-order valence-corrected chi connectivity index (χ3v) is 5.92. The van der Waals surface area contributed by atoms with Gasteiger partial charge in [0.1, 0.15) is 0 Å². The molecule has 1 atom stereocenters. The predicted octanol–water partition coefficient (Wildman–Crippen LogP) is 2.02. The number of likely N-dealkylation sites (tertiary alicyclic amines) is 1. The van der Waals surface area contributed by atoms with Gasteiger partial charge in [-0.2, -0.15) is 0 Å². The van der Waals surface area contributed by atoms with Crippen LogP contribution in [0.3, 0.4) is 0 Å². The molecular weight excluding hydrogens is 328 g/mol. The molecular formula is C17H26N2O4S. The Balaban J connectivity index is 1.83. The van der Waals surface area contributed by atoms with E-state index in [1.54, 1.807) is 0 Å². The molecule has 1 aromatic carbocycles. The van der Waals surface area contributed by atoms with Gasteiger partial charge in [-0.1, -0.05) is 6.42 Å². The van der Waals surface area contributed by atoms with Gasteiger partial charge in [0.25, 0.3) is 0 Å². The van der Waals surface area contributed by atoms with Gasteiger partial charge in [0.2, 0.25) is 10.0 Å². The average Bonchev–Trinajstić information content (AvgIpc) is 2.59. The normalized spacial score (nSPS) is 19.2. The fourth-order valence-electron chi connectivity index (χ4n) is 2.95. The maximum atomic E-state index is 12.3. The molecule has 0 spiro atoms. The molecule has 0 bridgehead atoms. The van der Waals surface area contributed by atoms with Gasteiger partial charge in [-0.15, -0.1) is 0 Å². The van der Waals surface area contributed by atoms with E-state index in [0.29, 0.717) is 18.2 Å². The minimum Gasteiger partial charge on any atom is -0.465 e. The first-order valence-electron chi connectivity index (χ1n) is 8.36. The molecule has 2 rings (SSSR count). The zero-order chi connectivity index (χ0) is 17.6. The lowest BCUT2D eigenvalue weighted by molar-refractivity contribution is 0.0600. The summed E-state index contributed by atoms with van der Waals surface area (Å²) in [5.41, 5.74) is 0.329. The molecule has 0 radical (unpaired) electrons. The van der Waals surface area contributed by atoms with Crippen molar-refractivity contribution in [2.45, 2.75) is 43.5 Å². The van der Waals surface area contributed by atoms with Gasteiger partial charge in [0, 0.05) is 12.6 Å². The summed E-state index contributed by atoms with van der Waals surface area (Å²) < 4.78 is 31.7. The molecule has 1 heterocycles. The number of nitrogens with one attached hydrogen (secondary N) is 1. The van der Waals surface area contributed by atoms with E-state index in [1.165, 1.54) is 50.6 Å². The lowest BCUT2D eigenvalue weighted by atomic mass is 10.0. The molecule has 0 amide bonds. The lowest BCUT2D eigenvalue weighted by Crippen LogP contribution is -2.39. The van der Waals surface area contributed by atoms with Crippen molar-refractivity contribution in [1.29, 1.82) is 0 Å². The number of hydrogen-bond donors (Lipinski definition) is 1. The number of sulfonamides is 1. The highest BCUT2D eigenvalue weighted by atomic mass is 32.2. The molecule has 1 fully saturated rings. The Bertz CT molecular complexity index is 643. The van der Waals surface area contributed by atoms with Crippen molar-refractivity contribution in [3.8, 4) is 0 Å². The smallest absolute Gasteiger partial charge is 0.337 e. The van der Waals surface area contributed by atoms with Crippen LogP contribution in [-0.4, -0.2) is 52.1 Å². The van der Waals surface area contributed by atoms with E-state index in [9.17, 15) is 13.2 Å². The van der Waals surface area contributed by atoms with E-state index in [2.05, 4.69) is 21.3 Å². The molecule has 1 aliphatic heterocycles. The Hall–Kier alpha value is -1.44. The van der Waals surface area contributed by atoms with Crippen LogP contribution in [-0.2, 0) is 14.8 Å². The number of piperidine rings is 1. The molecule has 24 heavy (non-hydrogen) atoms. The van der Waals surface area contributed by atoms with Crippen molar-refractivity contribution in [1.82, 2.24) is 9.62 Å². The zero-order valence-electron chi connectivity index (χ0n) is 14.3. The second-order valence-corrected chi connectivity index (χ2v) is 7.92. The van der Waals surface area contributed by atoms with Crippen LogP contribution >= 0.6 is 0 Å². The van der Waals surface area contributed by atoms with Crippen molar-refractivity contribution in [2.75, 3.05) is 26.7 Å². The average molecular weight is 354 g/mol. The minimum absolute atomic E-state index is 0.154. The Morgan fingerprint density at radius 1 is 1.29 bits per heavy atom. The first kappa shape index (κ1) is 18.9. The summed E-state index contributed by atoms with van der Waals surface area (Å²) in [6.45, 7) is 4.64. The minimum atomic E-state index is -3.55. The number of ether oxygens (including phenoxy) is 1. The van der Waals surface area contributed by atoms with Gasteiger partial charge >= 0.3 is 5.97 Å². The van der Waals surface area contributed by atoms with Crippen LogP contribution in [0, 0.1) is 0 Å². The maximum absolute atomic E-state index is 12.3. The number of carbonyl (C=O) groups excluding carboxylic acids is 1. The molecule has 6 nitrogen and oxygen atoms in total. The van der Waals surface area contributed by atoms with E-state index in [-0.39, 0.29) is 4.90 Å². The molecule has 0 aliphatic carbocycles. The van der Waals surface area contributed by atoms with Crippen LogP contribution in [0.4, 0.5) is 0 Å². The van der Waals surface area contributed by atoms with Crippen LogP contribution < -0.4 is 4.72 Å². The Kier molecular flexibility index (Phi) is 6.77. The monoisotopic (exact) mass is 354 g/mol. The van der Waals surface area contributed by atoms with Gasteiger partial charge in [-0.05, 0) is 63.5 Å². The highest BCUT2D eigenvalue weighted by Crippen LogP contribution is 2.16. The number of benzene rings is 1. The van der Waals surface area contributed by atoms with Crippen molar-refractivity contribution in [3.05, 3.63) is 29.8 Å². The molecule has 134 valence electrons. The van der Waals surface area contributed by atoms with Crippen LogP contribution in [0.15, 0.2) is 29.2 Å². The summed E-state index contributed by atoms with van der Waals surface area (Å²) in [6, 6.07) is 6.33. The lowest BCUT2D eigenvalue weighted by Gasteiger charge is -2.33. The molecule has 1 saturated heterocycles. The highest BCUT2D eigenvalue weighted by molar-refractivity contribution is 7.89. The van der Waals surface area contributed by atoms with Crippen molar-refractivity contribution in [2.24, 2.45) is 0 Å². The Morgan fingerprint density at radius 2 is 2.00 bits per heavy atom. The van der Waals surface area contributed by atoms with Crippen molar-refractivity contribution in [3.63, 3.8) is 0 Å². The molecule has 0 saturated carbocycles. The third kappa shape index (κ3) is 5.03. The summed E-state index contributed by atoms with van der Waals surface area (Å²) in [5, 5.41) is 0. The molecule has 0 aromatic heterocycles. The van der Waals surface area contributed by atoms with E-state index < -0.39 is 16.0 Å². The summed E-state index contributed by atoms with van der Waals surface area (Å²) in [7, 11) is -2.26. The van der Waals surface area contributed by atoms with E-state index in [0.717, 1.165) is 19.5 Å². The van der Waals surface area contributed by atoms with Crippen LogP contribution in [0.25, 0.3) is 0 Å². The van der Waals surface area contributed by atoms with Crippen molar-refractivity contribution < 1.29 is 17.9 Å². The molecule has 1 aromatic rings. The summed E-state index contributed by atoms with van der Waals surface area (Å²) >= 11 is 0. The zero-order valence-corrected chi connectivity index (χ0v) is 15.1. The Labute approximate surface area is 144 Å². The number of hydrogen-bond acceptors (Lipinski definition) is 5. The van der Waals surface area contributed by atoms with Gasteiger partial charge in [0.15, 0.2) is 0 Å². The number of nitrogens with zero attached hydrogens (tertiary/aromatic N) is 1. The third-order valence-electron chi connectivity index (χ3n) is 4.44. The number of methoxy groups -OCH3 is 1. The second-order valence-electron chi connectivity index (χ2n) is 6.15. The number of esters is 1. The summed E-state index contributed by atoms with van der Waals surface area (Å²) in [6.07, 6.45) is 4.51. The van der Waals surface area contributed by atoms with Gasteiger partial charge in [-0.25, -0.2) is 17.9 Å². The van der Waals surface area contributed by atoms with Crippen LogP contribution in [0.5, 0.6) is 0 Å². The highest BCUT2D eigenvalue weighted by Gasteiger charge is 2.18. The molecule has 1 aliphatic rings. The topological polar surface area (TPSA) is 75.7 Å². The van der Waals surface area contributed by atoms with Gasteiger partial charge in [0.05, 0.1) is 17.6 Å². The largest absolute Gasteiger partial charge is 0.465 e. The quantitative estimate of drug-likeness (QED) is 0.599. The van der Waals surface area contributed by atoms with Gasteiger partial charge < -0.3 is 9.64 Å². The van der Waals surface area contributed by atoms with E-state index in [1.807, 2.05) is 0 Å². The number of carbonyl (C=O) groups is 1. The van der Waals surface area contributed by atoms with Gasteiger partial charge in [-0.3, -0.25) is 0 Å².